The molecule has 0 aliphatic carbocycles. The summed E-state index contributed by atoms with van der Waals surface area (Å²) in [5.74, 6) is 0.824. The molecule has 1 atom stereocenters. The summed E-state index contributed by atoms with van der Waals surface area (Å²) < 4.78 is 0. The van der Waals surface area contributed by atoms with E-state index in [1.807, 2.05) is 13.0 Å². The highest BCUT2D eigenvalue weighted by molar-refractivity contribution is 5.38. The van der Waals surface area contributed by atoms with E-state index in [9.17, 15) is 0 Å². The van der Waals surface area contributed by atoms with E-state index in [2.05, 4.69) is 12.1 Å². The van der Waals surface area contributed by atoms with Crippen LogP contribution in [0.3, 0.4) is 0 Å². The van der Waals surface area contributed by atoms with Gasteiger partial charge in [-0.25, -0.2) is 0 Å². The second-order valence-electron chi connectivity index (χ2n) is 4.02. The predicted molar refractivity (Wildman–Crippen MR) is 58.6 cm³/mol. The van der Waals surface area contributed by atoms with Crippen LogP contribution in [-0.2, 0) is 11.3 Å². The molecule has 15 heavy (non-hydrogen) atoms. The summed E-state index contributed by atoms with van der Waals surface area (Å²) in [5.41, 5.74) is 8.11. The van der Waals surface area contributed by atoms with Crippen LogP contribution in [0.25, 0.3) is 0 Å². The fourth-order valence-corrected chi connectivity index (χ4v) is 1.72. The molecule has 2 rings (SSSR count). The Balaban J connectivity index is 2.27. The third-order valence-electron chi connectivity index (χ3n) is 2.69. The van der Waals surface area contributed by atoms with Crippen LogP contribution in [0.1, 0.15) is 36.9 Å². The summed E-state index contributed by atoms with van der Waals surface area (Å²) >= 11 is 0. The number of hydrogen-bond acceptors (Lipinski definition) is 3. The molecule has 3 nitrogen and oxygen atoms in total. The molecule has 0 spiro atoms. The Morgan fingerprint density at radius 1 is 1.33 bits per heavy atom. The van der Waals surface area contributed by atoms with Crippen LogP contribution in [0.4, 0.5) is 0 Å². The summed E-state index contributed by atoms with van der Waals surface area (Å²) in [6.07, 6.45) is 3.25. The van der Waals surface area contributed by atoms with E-state index in [-0.39, 0.29) is 6.04 Å². The average molecular weight is 207 g/mol. The minimum Gasteiger partial charge on any atom is -0.337 e. The minimum absolute atomic E-state index is 0.0318. The number of nitrogens with two attached hydrogens (primary N) is 1. The van der Waals surface area contributed by atoms with E-state index < -0.39 is 0 Å². The molecule has 1 aromatic rings. The van der Waals surface area contributed by atoms with Crippen LogP contribution >= 0.6 is 0 Å². The highest BCUT2D eigenvalue weighted by Crippen LogP contribution is 2.26. The number of benzene rings is 1. The van der Waals surface area contributed by atoms with Gasteiger partial charge in [-0.2, -0.15) is 4.89 Å². The lowest BCUT2D eigenvalue weighted by Crippen LogP contribution is -2.09. The van der Waals surface area contributed by atoms with Gasteiger partial charge in [-0.15, -0.1) is 0 Å². The molecule has 0 bridgehead atoms. The second kappa shape index (κ2) is 4.64. The standard InChI is InChI=1S/C12H17NO2/c1-9(13)11-6-5-10-4-2-3-7-14-15-12(10)8-11/h5-6,8-9H,2-4,7,13H2,1H3. The quantitative estimate of drug-likeness (QED) is 0.719. The molecule has 0 amide bonds. The molecule has 0 fully saturated rings. The number of fused-ring (bicyclic) bond motifs is 1. The molecular weight excluding hydrogens is 190 g/mol. The Bertz CT molecular complexity index is 336. The Hall–Kier alpha value is -1.06. The van der Waals surface area contributed by atoms with Crippen molar-refractivity contribution in [2.45, 2.75) is 32.2 Å². The second-order valence-corrected chi connectivity index (χ2v) is 4.02. The van der Waals surface area contributed by atoms with Gasteiger partial charge in [0.2, 0.25) is 0 Å². The smallest absolute Gasteiger partial charge is 0.168 e. The summed E-state index contributed by atoms with van der Waals surface area (Å²) in [6, 6.07) is 6.16. The molecular formula is C12H17NO2. The zero-order valence-electron chi connectivity index (χ0n) is 9.03. The van der Waals surface area contributed by atoms with E-state index in [1.54, 1.807) is 0 Å². The lowest BCUT2D eigenvalue weighted by molar-refractivity contribution is -0.209. The van der Waals surface area contributed by atoms with Crippen molar-refractivity contribution in [1.29, 1.82) is 0 Å². The Morgan fingerprint density at radius 3 is 3.00 bits per heavy atom. The Labute approximate surface area is 90.1 Å². The maximum atomic E-state index is 5.82. The van der Waals surface area contributed by atoms with Gasteiger partial charge in [0.15, 0.2) is 5.75 Å². The van der Waals surface area contributed by atoms with Crippen molar-refractivity contribution < 1.29 is 9.78 Å². The molecule has 1 unspecified atom stereocenters. The van der Waals surface area contributed by atoms with Gasteiger partial charge in [-0.1, -0.05) is 12.1 Å². The molecule has 0 radical (unpaired) electrons. The van der Waals surface area contributed by atoms with Gasteiger partial charge in [-0.3, -0.25) is 0 Å². The molecule has 1 aliphatic rings. The van der Waals surface area contributed by atoms with Gasteiger partial charge in [-0.05, 0) is 43.4 Å². The first-order valence-electron chi connectivity index (χ1n) is 5.45. The number of hydrogen-bond donors (Lipinski definition) is 1. The van der Waals surface area contributed by atoms with Gasteiger partial charge < -0.3 is 10.6 Å². The summed E-state index contributed by atoms with van der Waals surface area (Å²) in [7, 11) is 0. The maximum absolute atomic E-state index is 5.82. The fourth-order valence-electron chi connectivity index (χ4n) is 1.72. The highest BCUT2D eigenvalue weighted by atomic mass is 17.2. The topological polar surface area (TPSA) is 44.5 Å². The molecule has 0 saturated carbocycles. The zero-order chi connectivity index (χ0) is 10.7. The van der Waals surface area contributed by atoms with Gasteiger partial charge >= 0.3 is 0 Å². The number of rotatable bonds is 1. The van der Waals surface area contributed by atoms with Crippen LogP contribution < -0.4 is 10.6 Å². The van der Waals surface area contributed by atoms with Crippen molar-refractivity contribution in [3.05, 3.63) is 29.3 Å². The van der Waals surface area contributed by atoms with Crippen molar-refractivity contribution in [3.63, 3.8) is 0 Å². The predicted octanol–water partition coefficient (Wildman–Crippen LogP) is 2.35. The van der Waals surface area contributed by atoms with Crippen molar-refractivity contribution in [3.8, 4) is 5.75 Å². The van der Waals surface area contributed by atoms with Crippen molar-refractivity contribution in [2.75, 3.05) is 6.61 Å². The third-order valence-corrected chi connectivity index (χ3v) is 2.69. The molecule has 0 saturated heterocycles. The zero-order valence-corrected chi connectivity index (χ0v) is 9.03. The van der Waals surface area contributed by atoms with Crippen LogP contribution in [-0.4, -0.2) is 6.61 Å². The minimum atomic E-state index is 0.0318. The van der Waals surface area contributed by atoms with Crippen molar-refractivity contribution in [1.82, 2.24) is 0 Å². The van der Waals surface area contributed by atoms with Crippen LogP contribution in [0.2, 0.25) is 0 Å². The summed E-state index contributed by atoms with van der Waals surface area (Å²) in [6.45, 7) is 2.63. The fraction of sp³-hybridized carbons (Fsp3) is 0.500. The Kier molecular flexibility index (Phi) is 3.23. The molecule has 3 heteroatoms. The first-order valence-corrected chi connectivity index (χ1v) is 5.45. The molecule has 1 aliphatic heterocycles. The molecule has 2 N–H and O–H groups in total. The average Bonchev–Trinajstić information content (AvgIpc) is 2.18. The van der Waals surface area contributed by atoms with E-state index in [1.165, 1.54) is 5.56 Å². The van der Waals surface area contributed by atoms with Crippen LogP contribution in [0, 0.1) is 0 Å². The molecule has 0 aromatic heterocycles. The molecule has 82 valence electrons. The van der Waals surface area contributed by atoms with Gasteiger partial charge in [0.25, 0.3) is 0 Å². The van der Waals surface area contributed by atoms with Crippen molar-refractivity contribution >= 4 is 0 Å². The van der Waals surface area contributed by atoms with E-state index in [0.717, 1.165) is 30.6 Å². The normalized spacial score (nSPS) is 18.3. The largest absolute Gasteiger partial charge is 0.337 e. The summed E-state index contributed by atoms with van der Waals surface area (Å²) in [5, 5.41) is 0. The first kappa shape index (κ1) is 10.5. The van der Waals surface area contributed by atoms with Gasteiger partial charge in [0, 0.05) is 6.04 Å². The van der Waals surface area contributed by atoms with Crippen LogP contribution in [0.5, 0.6) is 5.75 Å². The lowest BCUT2D eigenvalue weighted by atomic mass is 10.0. The lowest BCUT2D eigenvalue weighted by Gasteiger charge is -2.15. The monoisotopic (exact) mass is 207 g/mol. The highest BCUT2D eigenvalue weighted by Gasteiger charge is 2.10. The summed E-state index contributed by atoms with van der Waals surface area (Å²) in [4.78, 5) is 10.4. The Morgan fingerprint density at radius 2 is 2.20 bits per heavy atom. The van der Waals surface area contributed by atoms with Gasteiger partial charge in [0.05, 0.1) is 6.61 Å². The third kappa shape index (κ3) is 2.49. The van der Waals surface area contributed by atoms with E-state index in [0.29, 0.717) is 6.61 Å². The van der Waals surface area contributed by atoms with Gasteiger partial charge in [0.1, 0.15) is 0 Å². The van der Waals surface area contributed by atoms with E-state index >= 15 is 0 Å². The maximum Gasteiger partial charge on any atom is 0.168 e. The van der Waals surface area contributed by atoms with Crippen molar-refractivity contribution in [2.24, 2.45) is 5.73 Å². The van der Waals surface area contributed by atoms with Crippen LogP contribution in [0.15, 0.2) is 18.2 Å². The first-order chi connectivity index (χ1) is 7.27. The SMILES string of the molecule is CC(N)c1ccc2c(c1)OOCCCC2. The van der Waals surface area contributed by atoms with E-state index in [4.69, 9.17) is 15.5 Å². The number of aryl methyl sites for hydroxylation is 1. The molecule has 1 heterocycles. The molecule has 1 aromatic carbocycles.